The quantitative estimate of drug-likeness (QED) is 0.140. The second-order valence-corrected chi connectivity index (χ2v) is 13.8. The zero-order valence-electron chi connectivity index (χ0n) is 22.2. The third kappa shape index (κ3) is 3.83. The van der Waals surface area contributed by atoms with Crippen molar-refractivity contribution in [2.24, 2.45) is 17.8 Å². The minimum absolute atomic E-state index is 0.0850. The van der Waals surface area contributed by atoms with Crippen LogP contribution >= 0.6 is 61.7 Å². The van der Waals surface area contributed by atoms with Crippen molar-refractivity contribution in [3.63, 3.8) is 0 Å². The molecule has 6 atom stereocenters. The summed E-state index contributed by atoms with van der Waals surface area (Å²) in [5, 5.41) is 10.6. The number of nitrogens with zero attached hydrogens (tertiary/aromatic N) is 2. The summed E-state index contributed by atoms with van der Waals surface area (Å²) in [6, 6.07) is 10.2. The summed E-state index contributed by atoms with van der Waals surface area (Å²) < 4.78 is 5.84. The van der Waals surface area contributed by atoms with Gasteiger partial charge in [-0.3, -0.25) is 29.0 Å². The highest BCUT2D eigenvalue weighted by atomic mass is 127. The number of aromatic hydroxyl groups is 1. The molecule has 2 aliphatic heterocycles. The Balaban J connectivity index is 1.52. The molecule has 218 valence electrons. The summed E-state index contributed by atoms with van der Waals surface area (Å²) in [7, 11) is 1.40. The molecule has 2 aliphatic carbocycles. The van der Waals surface area contributed by atoms with Crippen LogP contribution in [0.2, 0.25) is 0 Å². The van der Waals surface area contributed by atoms with E-state index in [1.54, 1.807) is 42.5 Å². The van der Waals surface area contributed by atoms with Crippen LogP contribution in [0.15, 0.2) is 54.6 Å². The first-order chi connectivity index (χ1) is 19.9. The fourth-order valence-electron chi connectivity index (χ4n) is 7.06. The van der Waals surface area contributed by atoms with Crippen LogP contribution in [-0.2, 0) is 19.2 Å². The Hall–Kier alpha value is -2.41. The second-order valence-electron chi connectivity index (χ2n) is 10.8. The van der Waals surface area contributed by atoms with E-state index in [0.717, 1.165) is 10.5 Å². The number of anilines is 1. The van der Waals surface area contributed by atoms with E-state index in [-0.39, 0.29) is 41.6 Å². The third-order valence-electron chi connectivity index (χ3n) is 9.01. The van der Waals surface area contributed by atoms with Crippen molar-refractivity contribution in [1.82, 2.24) is 4.90 Å². The van der Waals surface area contributed by atoms with Gasteiger partial charge in [-0.1, -0.05) is 52.4 Å². The number of allylic oxidation sites excluding steroid dienone is 2. The van der Waals surface area contributed by atoms with Gasteiger partial charge in [-0.05, 0) is 76.7 Å². The Bertz CT molecular complexity index is 1620. The molecule has 3 fully saturated rings. The number of fused-ring (bicyclic) bond motifs is 4. The van der Waals surface area contributed by atoms with E-state index in [1.165, 1.54) is 12.0 Å². The first-order valence-corrected chi connectivity index (χ1v) is 16.1. The number of rotatable bonds is 5. The molecule has 0 spiro atoms. The number of hydrogen-bond donors (Lipinski definition) is 1. The fourth-order valence-corrected chi connectivity index (χ4v) is 9.11. The molecule has 0 aromatic heterocycles. The Morgan fingerprint density at radius 2 is 1.81 bits per heavy atom. The van der Waals surface area contributed by atoms with E-state index in [1.807, 2.05) is 28.7 Å². The van der Waals surface area contributed by atoms with Crippen LogP contribution in [0, 0.1) is 21.3 Å². The molecule has 2 aromatic rings. The average Bonchev–Trinajstić information content (AvgIpc) is 3.32. The zero-order valence-corrected chi connectivity index (χ0v) is 27.4. The summed E-state index contributed by atoms with van der Waals surface area (Å²) >= 11 is 19.7. The lowest BCUT2D eigenvalue weighted by molar-refractivity contribution is -0.138. The Kier molecular flexibility index (Phi) is 7.31. The molecular formula is C30H24BrCl2IN2O6. The van der Waals surface area contributed by atoms with Crippen molar-refractivity contribution in [1.29, 1.82) is 0 Å². The van der Waals surface area contributed by atoms with Gasteiger partial charge in [0.25, 0.3) is 11.8 Å². The minimum atomic E-state index is -1.94. The molecule has 0 bridgehead atoms. The maximum absolute atomic E-state index is 14.1. The number of amides is 4. The summed E-state index contributed by atoms with van der Waals surface area (Å²) in [5.74, 6) is -5.06. The SMILES string of the molecule is C=Cc1ccc(N2C(=O)C3CC=C4C(CC5(Cl)C(=O)N(CBr)C(=O)C5(Cl)C4c4cc(I)c(O)c(OC)c4)C3C2=O)cc1. The highest BCUT2D eigenvalue weighted by Gasteiger charge is 2.76. The number of alkyl halides is 3. The molecule has 2 aromatic carbocycles. The number of benzene rings is 2. The summed E-state index contributed by atoms with van der Waals surface area (Å²) in [6.45, 7) is 3.75. The van der Waals surface area contributed by atoms with E-state index in [0.29, 0.717) is 20.4 Å². The summed E-state index contributed by atoms with van der Waals surface area (Å²) in [4.78, 5) is 53.9. The van der Waals surface area contributed by atoms with Crippen LogP contribution in [0.5, 0.6) is 11.5 Å². The lowest BCUT2D eigenvalue weighted by Crippen LogP contribution is -2.60. The van der Waals surface area contributed by atoms with Gasteiger partial charge in [-0.15, -0.1) is 23.2 Å². The number of phenolic OH excluding ortho intramolecular Hbond substituents is 1. The fraction of sp³-hybridized carbons (Fsp3) is 0.333. The van der Waals surface area contributed by atoms with E-state index < -0.39 is 45.2 Å². The highest BCUT2D eigenvalue weighted by Crippen LogP contribution is 2.66. The predicted molar refractivity (Wildman–Crippen MR) is 170 cm³/mol. The van der Waals surface area contributed by atoms with Gasteiger partial charge in [0.05, 0.1) is 33.7 Å². The number of likely N-dealkylation sites (tertiary alicyclic amines) is 1. The van der Waals surface area contributed by atoms with Crippen molar-refractivity contribution in [3.8, 4) is 11.5 Å². The molecule has 8 nitrogen and oxygen atoms in total. The van der Waals surface area contributed by atoms with Crippen molar-refractivity contribution in [2.75, 3.05) is 17.5 Å². The van der Waals surface area contributed by atoms with Gasteiger partial charge in [0.1, 0.15) is 0 Å². The molecule has 2 heterocycles. The maximum atomic E-state index is 14.1. The largest absolute Gasteiger partial charge is 0.504 e. The lowest BCUT2D eigenvalue weighted by Gasteiger charge is -2.50. The molecular weight excluding hydrogens is 762 g/mol. The van der Waals surface area contributed by atoms with E-state index in [9.17, 15) is 24.3 Å². The third-order valence-corrected chi connectivity index (χ3v) is 11.7. The Morgan fingerprint density at radius 1 is 1.12 bits per heavy atom. The second kappa shape index (κ2) is 10.3. The van der Waals surface area contributed by atoms with E-state index in [2.05, 4.69) is 22.5 Å². The molecule has 0 radical (unpaired) electrons. The monoisotopic (exact) mass is 784 g/mol. The van der Waals surface area contributed by atoms with Crippen LogP contribution in [0.4, 0.5) is 5.69 Å². The van der Waals surface area contributed by atoms with Gasteiger partial charge >= 0.3 is 0 Å². The number of carbonyl (C=O) groups is 4. The predicted octanol–water partition coefficient (Wildman–Crippen LogP) is 5.56. The van der Waals surface area contributed by atoms with Crippen LogP contribution in [-0.4, -0.2) is 55.9 Å². The number of imide groups is 2. The van der Waals surface area contributed by atoms with Crippen molar-refractivity contribution in [3.05, 3.63) is 69.3 Å². The van der Waals surface area contributed by atoms with Gasteiger partial charge in [-0.2, -0.15) is 0 Å². The van der Waals surface area contributed by atoms with Crippen molar-refractivity contribution < 1.29 is 29.0 Å². The number of phenols is 1. The van der Waals surface area contributed by atoms with E-state index in [4.69, 9.17) is 27.9 Å². The Morgan fingerprint density at radius 3 is 2.43 bits per heavy atom. The van der Waals surface area contributed by atoms with Gasteiger partial charge < -0.3 is 9.84 Å². The number of ether oxygens (including phenoxy) is 1. The first kappa shape index (κ1) is 29.7. The number of methoxy groups -OCH3 is 1. The molecule has 6 unspecified atom stereocenters. The highest BCUT2D eigenvalue weighted by molar-refractivity contribution is 14.1. The van der Waals surface area contributed by atoms with Crippen LogP contribution in [0.25, 0.3) is 6.08 Å². The van der Waals surface area contributed by atoms with Crippen molar-refractivity contribution >= 4 is 97.1 Å². The summed E-state index contributed by atoms with van der Waals surface area (Å²) in [5.41, 5.74) is 2.33. The van der Waals surface area contributed by atoms with Crippen LogP contribution in [0.1, 0.15) is 29.9 Å². The molecule has 2 saturated heterocycles. The van der Waals surface area contributed by atoms with Crippen LogP contribution in [0.3, 0.4) is 0 Å². The molecule has 1 saturated carbocycles. The number of halogens is 4. The molecule has 6 rings (SSSR count). The zero-order chi connectivity index (χ0) is 30.3. The smallest absolute Gasteiger partial charge is 0.254 e. The van der Waals surface area contributed by atoms with Gasteiger partial charge in [0.15, 0.2) is 21.2 Å². The maximum Gasteiger partial charge on any atom is 0.254 e. The molecule has 4 amide bonds. The van der Waals surface area contributed by atoms with Crippen molar-refractivity contribution in [2.45, 2.75) is 28.5 Å². The molecule has 42 heavy (non-hydrogen) atoms. The number of hydrogen-bond acceptors (Lipinski definition) is 6. The minimum Gasteiger partial charge on any atom is -0.504 e. The first-order valence-electron chi connectivity index (χ1n) is 13.1. The number of carbonyl (C=O) groups excluding carboxylic acids is 4. The average molecular weight is 786 g/mol. The van der Waals surface area contributed by atoms with E-state index >= 15 is 0 Å². The Labute approximate surface area is 273 Å². The summed E-state index contributed by atoms with van der Waals surface area (Å²) in [6.07, 6.45) is 3.68. The normalized spacial score (nSPS) is 32.0. The van der Waals surface area contributed by atoms with Crippen LogP contribution < -0.4 is 9.64 Å². The molecule has 12 heteroatoms. The van der Waals surface area contributed by atoms with Gasteiger partial charge in [-0.25, -0.2) is 0 Å². The molecule has 4 aliphatic rings. The molecule has 1 N–H and O–H groups in total. The van der Waals surface area contributed by atoms with Gasteiger partial charge in [0, 0.05) is 5.92 Å². The topological polar surface area (TPSA) is 104 Å². The lowest BCUT2D eigenvalue weighted by atomic mass is 9.56. The van der Waals surface area contributed by atoms with Gasteiger partial charge in [0.2, 0.25) is 11.8 Å². The standard InChI is InChI=1S/C30H24BrCl2IN2O6/c1-3-14-4-6-16(7-5-14)36-25(38)18-9-8-17-19(22(18)26(36)39)12-29(32)27(40)35(13-31)28(41)30(29,33)23(17)15-10-20(34)24(37)21(11-15)42-2/h3-8,10-11,18-19,22-23,37H,1,9,12-13H2,2H3.